The molecule has 0 radical (unpaired) electrons. The molecule has 0 amide bonds. The van der Waals surface area contributed by atoms with Gasteiger partial charge in [-0.1, -0.05) is 45.0 Å². The molecule has 0 fully saturated rings. The molecule has 0 aliphatic rings. The van der Waals surface area contributed by atoms with Crippen LogP contribution in [0.25, 0.3) is 6.08 Å². The number of benzene rings is 3. The van der Waals surface area contributed by atoms with Gasteiger partial charge in [-0.25, -0.2) is 0 Å². The fraction of sp³-hybridized carbons (Fsp3) is 0.233. The van der Waals surface area contributed by atoms with E-state index < -0.39 is 5.97 Å². The molecule has 3 aromatic carbocycles. The zero-order valence-electron chi connectivity index (χ0n) is 21.5. The Bertz CT molecular complexity index is 1380. The number of ether oxygens (including phenoxy) is 2. The predicted octanol–water partition coefficient (Wildman–Crippen LogP) is 7.99. The Morgan fingerprint density at radius 3 is 2.26 bits per heavy atom. The number of aliphatic carboxylic acids is 1. The zero-order valence-corrected chi connectivity index (χ0v) is 24.7. The van der Waals surface area contributed by atoms with E-state index in [2.05, 4.69) is 31.9 Å². The average molecular weight is 644 g/mol. The molecule has 0 aromatic heterocycles. The second-order valence-electron chi connectivity index (χ2n) is 8.91. The lowest BCUT2D eigenvalue weighted by Crippen LogP contribution is -2.07. The molecule has 0 aliphatic heterocycles. The van der Waals surface area contributed by atoms with Crippen LogP contribution in [0.15, 0.2) is 63.6 Å². The summed E-state index contributed by atoms with van der Waals surface area (Å²) >= 11 is 6.96. The molecule has 8 heteroatoms. The molecule has 0 aliphatic carbocycles. The number of hydrogen-bond donors (Lipinski definition) is 1. The van der Waals surface area contributed by atoms with Crippen molar-refractivity contribution >= 4 is 55.5 Å². The van der Waals surface area contributed by atoms with Crippen molar-refractivity contribution in [3.8, 4) is 17.2 Å². The van der Waals surface area contributed by atoms with Crippen LogP contribution in [0.2, 0.25) is 0 Å². The van der Waals surface area contributed by atoms with Crippen LogP contribution in [0.3, 0.4) is 0 Å². The van der Waals surface area contributed by atoms with E-state index in [4.69, 9.17) is 14.6 Å². The summed E-state index contributed by atoms with van der Waals surface area (Å²) < 4.78 is 13.0. The lowest BCUT2D eigenvalue weighted by molar-refractivity contribution is -0.136. The van der Waals surface area contributed by atoms with Gasteiger partial charge in [0.15, 0.2) is 17.3 Å². The number of hydrogen-bond acceptors (Lipinski definition) is 5. The largest absolute Gasteiger partial charge is 0.496 e. The van der Waals surface area contributed by atoms with Gasteiger partial charge in [-0.05, 0) is 85.3 Å². The topological polar surface area (TPSA) is 89.9 Å². The smallest absolute Gasteiger partial charge is 0.307 e. The molecular weight excluding hydrogens is 616 g/mol. The number of ketones is 2. The van der Waals surface area contributed by atoms with E-state index in [-0.39, 0.29) is 23.9 Å². The van der Waals surface area contributed by atoms with Gasteiger partial charge in [-0.15, -0.1) is 0 Å². The highest BCUT2D eigenvalue weighted by Crippen LogP contribution is 2.42. The Morgan fingerprint density at radius 1 is 1.00 bits per heavy atom. The van der Waals surface area contributed by atoms with Crippen molar-refractivity contribution in [3.63, 3.8) is 0 Å². The normalized spacial score (nSPS) is 11.1. The Morgan fingerprint density at radius 2 is 1.68 bits per heavy atom. The summed E-state index contributed by atoms with van der Waals surface area (Å²) in [5.41, 5.74) is 2.90. The number of carboxylic acid groups (broad SMARTS) is 1. The monoisotopic (exact) mass is 642 g/mol. The van der Waals surface area contributed by atoms with E-state index >= 15 is 0 Å². The molecule has 0 spiro atoms. The maximum absolute atomic E-state index is 13.8. The zero-order chi connectivity index (χ0) is 28.0. The van der Waals surface area contributed by atoms with Gasteiger partial charge in [0.05, 0.1) is 28.0 Å². The molecular formula is C30H28Br2O6. The highest BCUT2D eigenvalue weighted by molar-refractivity contribution is 9.11. The van der Waals surface area contributed by atoms with Crippen molar-refractivity contribution in [3.05, 3.63) is 91.4 Å². The van der Waals surface area contributed by atoms with Crippen molar-refractivity contribution in [2.45, 2.75) is 39.5 Å². The van der Waals surface area contributed by atoms with Crippen molar-refractivity contribution < 1.29 is 29.0 Å². The van der Waals surface area contributed by atoms with E-state index in [1.807, 2.05) is 19.9 Å². The molecule has 6 nitrogen and oxygen atoms in total. The lowest BCUT2D eigenvalue weighted by atomic mass is 9.95. The molecule has 3 aromatic rings. The number of allylic oxidation sites excluding steroid dienone is 1. The Labute approximate surface area is 238 Å². The quantitative estimate of drug-likeness (QED) is 0.168. The van der Waals surface area contributed by atoms with Crippen molar-refractivity contribution in [2.75, 3.05) is 7.11 Å². The number of methoxy groups -OCH3 is 1. The van der Waals surface area contributed by atoms with Crippen LogP contribution in [0.4, 0.5) is 0 Å². The second kappa shape index (κ2) is 13.0. The van der Waals surface area contributed by atoms with Gasteiger partial charge in [0, 0.05) is 17.5 Å². The highest BCUT2D eigenvalue weighted by atomic mass is 79.9. The van der Waals surface area contributed by atoms with Crippen molar-refractivity contribution in [1.82, 2.24) is 0 Å². The maximum Gasteiger partial charge on any atom is 0.307 e. The van der Waals surface area contributed by atoms with Gasteiger partial charge in [0.1, 0.15) is 11.5 Å². The third-order valence-corrected chi connectivity index (χ3v) is 6.96. The highest BCUT2D eigenvalue weighted by Gasteiger charge is 2.23. The molecule has 0 bridgehead atoms. The van der Waals surface area contributed by atoms with Crippen molar-refractivity contribution in [2.24, 2.45) is 0 Å². The Kier molecular flexibility index (Phi) is 10.1. The maximum atomic E-state index is 13.8. The predicted molar refractivity (Wildman–Crippen MR) is 155 cm³/mol. The van der Waals surface area contributed by atoms with E-state index in [0.717, 1.165) is 11.1 Å². The molecule has 0 heterocycles. The van der Waals surface area contributed by atoms with Gasteiger partial charge in [-0.2, -0.15) is 0 Å². The third kappa shape index (κ3) is 7.20. The first-order valence-corrected chi connectivity index (χ1v) is 13.6. The number of halogens is 2. The second-order valence-corrected chi connectivity index (χ2v) is 10.6. The average Bonchev–Trinajstić information content (AvgIpc) is 2.88. The van der Waals surface area contributed by atoms with Gasteiger partial charge in [0.25, 0.3) is 0 Å². The first-order valence-electron chi connectivity index (χ1n) is 12.0. The van der Waals surface area contributed by atoms with Gasteiger partial charge in [-0.3, -0.25) is 14.4 Å². The summed E-state index contributed by atoms with van der Waals surface area (Å²) in [6, 6.07) is 13.8. The fourth-order valence-electron chi connectivity index (χ4n) is 3.81. The van der Waals surface area contributed by atoms with Gasteiger partial charge in [0.2, 0.25) is 0 Å². The first kappa shape index (κ1) is 29.3. The minimum absolute atomic E-state index is 0.00282. The molecule has 38 heavy (non-hydrogen) atoms. The van der Waals surface area contributed by atoms with Gasteiger partial charge < -0.3 is 14.6 Å². The Hall–Kier alpha value is -3.23. The molecule has 198 valence electrons. The van der Waals surface area contributed by atoms with Crippen LogP contribution in [0, 0.1) is 0 Å². The molecule has 0 unspecified atom stereocenters. The van der Waals surface area contributed by atoms with Crippen LogP contribution < -0.4 is 9.47 Å². The summed E-state index contributed by atoms with van der Waals surface area (Å²) in [7, 11) is 1.56. The number of rotatable bonds is 11. The fourth-order valence-corrected chi connectivity index (χ4v) is 5.25. The summed E-state index contributed by atoms with van der Waals surface area (Å²) in [5, 5.41) is 9.15. The van der Waals surface area contributed by atoms with E-state index in [0.29, 0.717) is 49.3 Å². The minimum atomic E-state index is -0.946. The first-order chi connectivity index (χ1) is 18.0. The number of carbonyl (C=O) groups is 3. The van der Waals surface area contributed by atoms with E-state index in [9.17, 15) is 14.4 Å². The minimum Gasteiger partial charge on any atom is -0.496 e. The molecule has 0 atom stereocenters. The molecule has 0 saturated heterocycles. The van der Waals surface area contributed by atoms with Crippen molar-refractivity contribution in [1.29, 1.82) is 0 Å². The van der Waals surface area contributed by atoms with Crippen LogP contribution in [0.1, 0.15) is 65.7 Å². The van der Waals surface area contributed by atoms with E-state index in [1.165, 1.54) is 6.08 Å². The third-order valence-electron chi connectivity index (χ3n) is 5.78. The number of carbonyl (C=O) groups excluding carboxylic acids is 2. The molecule has 1 N–H and O–H groups in total. The van der Waals surface area contributed by atoms with Gasteiger partial charge >= 0.3 is 5.97 Å². The Balaban J connectivity index is 2.11. The lowest BCUT2D eigenvalue weighted by Gasteiger charge is -2.19. The summed E-state index contributed by atoms with van der Waals surface area (Å²) in [6.07, 6.45) is 3.45. The summed E-state index contributed by atoms with van der Waals surface area (Å²) in [4.78, 5) is 36.7. The summed E-state index contributed by atoms with van der Waals surface area (Å²) in [5.74, 6) is 0.161. The number of carboxylic acids is 1. The SMILES string of the molecule is CCC(=O)C=Cc1cccc(C(=O)c2cc(OC)c(C(C)C)cc2Oc2c(Br)cc(CC(=O)O)cc2Br)c1. The van der Waals surface area contributed by atoms with E-state index in [1.54, 1.807) is 62.6 Å². The standard InChI is InChI=1S/C30H28Br2O6/c1-5-21(33)10-9-18-7-6-8-20(11-18)29(36)23-16-26(37-4)22(17(2)3)15-27(23)38-30-24(31)12-19(13-25(30)32)14-28(34)35/h6-13,15-17H,5,14H2,1-4H3,(H,34,35). The molecule has 3 rings (SSSR count). The van der Waals surface area contributed by atoms with Crippen LogP contribution in [-0.2, 0) is 16.0 Å². The van der Waals surface area contributed by atoms with Crippen LogP contribution >= 0.6 is 31.9 Å². The van der Waals surface area contributed by atoms with Crippen LogP contribution in [-0.4, -0.2) is 29.8 Å². The van der Waals surface area contributed by atoms with Crippen LogP contribution in [0.5, 0.6) is 17.2 Å². The molecule has 0 saturated carbocycles. The summed E-state index contributed by atoms with van der Waals surface area (Å²) in [6.45, 7) is 5.82.